The average Bonchev–Trinajstić information content (AvgIpc) is 3.18. The second-order valence-corrected chi connectivity index (χ2v) is 6.90. The Labute approximate surface area is 178 Å². The summed E-state index contributed by atoms with van der Waals surface area (Å²) in [4.78, 5) is 29.2. The minimum Gasteiger partial charge on any atom is -0.479 e. The zero-order chi connectivity index (χ0) is 22.0. The van der Waals surface area contributed by atoms with E-state index in [1.807, 2.05) is 30.3 Å². The van der Waals surface area contributed by atoms with Gasteiger partial charge in [0.25, 0.3) is 5.91 Å². The Morgan fingerprint density at radius 3 is 2.55 bits per heavy atom. The van der Waals surface area contributed by atoms with Crippen LogP contribution in [0.1, 0.15) is 16.1 Å². The predicted octanol–water partition coefficient (Wildman–Crippen LogP) is 3.67. The van der Waals surface area contributed by atoms with Crippen LogP contribution < -0.4 is 15.6 Å². The van der Waals surface area contributed by atoms with Gasteiger partial charge in [0.2, 0.25) is 11.4 Å². The lowest BCUT2D eigenvalue weighted by Crippen LogP contribution is -2.15. The number of methoxy groups -OCH3 is 1. The molecule has 0 fully saturated rings. The Balaban J connectivity index is 1.66. The summed E-state index contributed by atoms with van der Waals surface area (Å²) in [5.74, 6) is 0.271. The van der Waals surface area contributed by atoms with Gasteiger partial charge >= 0.3 is 0 Å². The second-order valence-electron chi connectivity index (χ2n) is 6.90. The molecule has 0 bridgehead atoms. The van der Waals surface area contributed by atoms with Gasteiger partial charge in [0.05, 0.1) is 12.8 Å². The molecule has 156 valence electrons. The van der Waals surface area contributed by atoms with Gasteiger partial charge in [-0.3, -0.25) is 9.59 Å². The van der Waals surface area contributed by atoms with Gasteiger partial charge < -0.3 is 19.1 Å². The first-order valence-electron chi connectivity index (χ1n) is 9.53. The first-order chi connectivity index (χ1) is 15.0. The van der Waals surface area contributed by atoms with Crippen molar-refractivity contribution in [2.24, 2.45) is 7.05 Å². The van der Waals surface area contributed by atoms with Crippen molar-refractivity contribution in [1.82, 2.24) is 14.7 Å². The van der Waals surface area contributed by atoms with Crippen molar-refractivity contribution in [1.29, 1.82) is 0 Å². The summed E-state index contributed by atoms with van der Waals surface area (Å²) in [6.45, 7) is 1.69. The lowest BCUT2D eigenvalue weighted by Gasteiger charge is -2.11. The highest BCUT2D eigenvalue weighted by Gasteiger charge is 2.23. The highest BCUT2D eigenvalue weighted by atomic mass is 16.5. The molecule has 0 unspecified atom stereocenters. The van der Waals surface area contributed by atoms with E-state index in [-0.39, 0.29) is 17.3 Å². The fraction of sp³-hybridized carbons (Fsp3) is 0.130. The van der Waals surface area contributed by atoms with E-state index >= 15 is 0 Å². The maximum Gasteiger partial charge on any atom is 0.261 e. The van der Waals surface area contributed by atoms with Crippen LogP contribution in [-0.2, 0) is 7.05 Å². The van der Waals surface area contributed by atoms with Gasteiger partial charge in [0.15, 0.2) is 0 Å². The smallest absolute Gasteiger partial charge is 0.261 e. The Kier molecular flexibility index (Phi) is 5.36. The molecule has 0 aliphatic heterocycles. The fourth-order valence-electron chi connectivity index (χ4n) is 3.21. The van der Waals surface area contributed by atoms with Crippen LogP contribution in [-0.4, -0.2) is 27.7 Å². The topological polar surface area (TPSA) is 99.2 Å². The monoisotopic (exact) mass is 416 g/mol. The van der Waals surface area contributed by atoms with E-state index in [9.17, 15) is 9.59 Å². The summed E-state index contributed by atoms with van der Waals surface area (Å²) in [7, 11) is 3.14. The van der Waals surface area contributed by atoms with Crippen LogP contribution in [0.25, 0.3) is 22.5 Å². The molecule has 4 rings (SSSR count). The molecular weight excluding hydrogens is 396 g/mol. The molecule has 0 saturated heterocycles. The second kappa shape index (κ2) is 8.27. The number of rotatable bonds is 5. The summed E-state index contributed by atoms with van der Waals surface area (Å²) in [6, 6.07) is 16.0. The summed E-state index contributed by atoms with van der Waals surface area (Å²) >= 11 is 0. The molecule has 3 aromatic heterocycles. The number of nitrogens with one attached hydrogen (secondary N) is 1. The normalized spacial score (nSPS) is 10.7. The van der Waals surface area contributed by atoms with Crippen LogP contribution in [0, 0.1) is 6.92 Å². The molecule has 4 aromatic rings. The molecule has 0 spiro atoms. The predicted molar refractivity (Wildman–Crippen MR) is 116 cm³/mol. The summed E-state index contributed by atoms with van der Waals surface area (Å²) in [6.07, 6.45) is 1.69. The molecule has 1 N–H and O–H groups in total. The van der Waals surface area contributed by atoms with E-state index in [4.69, 9.17) is 9.26 Å². The van der Waals surface area contributed by atoms with Gasteiger partial charge in [0, 0.05) is 30.4 Å². The van der Waals surface area contributed by atoms with Gasteiger partial charge in [-0.1, -0.05) is 35.5 Å². The molecule has 0 saturated carbocycles. The molecule has 1 amide bonds. The number of hydrogen-bond donors (Lipinski definition) is 1. The molecule has 8 nitrogen and oxygen atoms in total. The third-order valence-corrected chi connectivity index (χ3v) is 4.82. The lowest BCUT2D eigenvalue weighted by molar-refractivity contribution is 0.102. The van der Waals surface area contributed by atoms with Crippen molar-refractivity contribution in [3.8, 4) is 28.4 Å². The van der Waals surface area contributed by atoms with Crippen LogP contribution in [0.15, 0.2) is 70.1 Å². The lowest BCUT2D eigenvalue weighted by atomic mass is 10.1. The van der Waals surface area contributed by atoms with Crippen LogP contribution in [0.4, 0.5) is 5.69 Å². The minimum absolute atomic E-state index is 0.113. The Morgan fingerprint density at radius 1 is 1.06 bits per heavy atom. The number of carbonyl (C=O) groups is 1. The highest BCUT2D eigenvalue weighted by molar-refractivity contribution is 6.09. The molecule has 0 atom stereocenters. The van der Waals surface area contributed by atoms with E-state index in [0.29, 0.717) is 28.4 Å². The third-order valence-electron chi connectivity index (χ3n) is 4.82. The number of hydrogen-bond acceptors (Lipinski definition) is 6. The van der Waals surface area contributed by atoms with E-state index in [1.165, 1.54) is 17.7 Å². The molecule has 3 heterocycles. The number of aryl methyl sites for hydroxylation is 2. The van der Waals surface area contributed by atoms with Crippen molar-refractivity contribution in [2.75, 3.05) is 12.4 Å². The maximum absolute atomic E-state index is 13.1. The van der Waals surface area contributed by atoms with E-state index in [1.54, 1.807) is 38.4 Å². The minimum atomic E-state index is -0.382. The average molecular weight is 416 g/mol. The Morgan fingerprint density at radius 2 is 1.84 bits per heavy atom. The number of pyridine rings is 2. The van der Waals surface area contributed by atoms with Crippen LogP contribution in [0.2, 0.25) is 0 Å². The first-order valence-corrected chi connectivity index (χ1v) is 9.53. The Bertz CT molecular complexity index is 1310. The number of ether oxygens (including phenoxy) is 1. The van der Waals surface area contributed by atoms with Gasteiger partial charge in [0.1, 0.15) is 22.7 Å². The number of nitrogens with zero attached hydrogens (tertiary/aromatic N) is 3. The van der Waals surface area contributed by atoms with Crippen LogP contribution >= 0.6 is 0 Å². The van der Waals surface area contributed by atoms with Gasteiger partial charge in [-0.15, -0.1) is 0 Å². The standard InChI is InChI=1S/C23H20N4O4/c1-14-20(21(26-31-14)15-7-5-4-6-8-15)22(29)24-18-11-10-17(25-23(18)30-3)16-9-12-19(28)27(2)13-16/h4-13H,1-3H3,(H,24,29). The molecule has 0 aliphatic carbocycles. The fourth-order valence-corrected chi connectivity index (χ4v) is 3.21. The zero-order valence-electron chi connectivity index (χ0n) is 17.2. The summed E-state index contributed by atoms with van der Waals surface area (Å²) in [5.41, 5.74) is 3.23. The first kappa shape index (κ1) is 20.1. The zero-order valence-corrected chi connectivity index (χ0v) is 17.2. The van der Waals surface area contributed by atoms with Crippen molar-refractivity contribution >= 4 is 11.6 Å². The summed E-state index contributed by atoms with van der Waals surface area (Å²) in [5, 5.41) is 6.88. The van der Waals surface area contributed by atoms with E-state index < -0.39 is 0 Å². The number of anilines is 1. The quantitative estimate of drug-likeness (QED) is 0.533. The van der Waals surface area contributed by atoms with E-state index in [2.05, 4.69) is 15.5 Å². The van der Waals surface area contributed by atoms with Crippen molar-refractivity contribution in [2.45, 2.75) is 6.92 Å². The largest absolute Gasteiger partial charge is 0.479 e. The van der Waals surface area contributed by atoms with Crippen molar-refractivity contribution in [3.05, 3.63) is 82.5 Å². The highest BCUT2D eigenvalue weighted by Crippen LogP contribution is 2.29. The third kappa shape index (κ3) is 3.95. The molecule has 1 aromatic carbocycles. The molecule has 8 heteroatoms. The maximum atomic E-state index is 13.1. The number of carbonyl (C=O) groups excluding carboxylic acids is 1. The number of aromatic nitrogens is 3. The van der Waals surface area contributed by atoms with Gasteiger partial charge in [-0.2, -0.15) is 0 Å². The molecule has 31 heavy (non-hydrogen) atoms. The molecule has 0 aliphatic rings. The van der Waals surface area contributed by atoms with Gasteiger partial charge in [-0.05, 0) is 25.1 Å². The Hall–Kier alpha value is -4.20. The van der Waals surface area contributed by atoms with Crippen LogP contribution in [0.3, 0.4) is 0 Å². The van der Waals surface area contributed by atoms with Gasteiger partial charge in [-0.25, -0.2) is 4.98 Å². The molecule has 0 radical (unpaired) electrons. The number of amides is 1. The van der Waals surface area contributed by atoms with Crippen LogP contribution in [0.5, 0.6) is 5.88 Å². The molecular formula is C23H20N4O4. The van der Waals surface area contributed by atoms with Crippen molar-refractivity contribution < 1.29 is 14.1 Å². The SMILES string of the molecule is COc1nc(-c2ccc(=O)n(C)c2)ccc1NC(=O)c1c(-c2ccccc2)noc1C. The van der Waals surface area contributed by atoms with E-state index in [0.717, 1.165) is 11.1 Å². The van der Waals surface area contributed by atoms with Crippen molar-refractivity contribution in [3.63, 3.8) is 0 Å². The summed E-state index contributed by atoms with van der Waals surface area (Å²) < 4.78 is 12.1. The number of benzene rings is 1.